The van der Waals surface area contributed by atoms with Gasteiger partial charge in [-0.25, -0.2) is 9.78 Å². The van der Waals surface area contributed by atoms with Gasteiger partial charge >= 0.3 is 6.03 Å². The average Bonchev–Trinajstić information content (AvgIpc) is 2.67. The Labute approximate surface area is 172 Å². The lowest BCUT2D eigenvalue weighted by atomic mass is 10.1. The van der Waals surface area contributed by atoms with E-state index >= 15 is 0 Å². The lowest BCUT2D eigenvalue weighted by molar-refractivity contribution is -0.117. The van der Waals surface area contributed by atoms with Crippen molar-refractivity contribution in [3.05, 3.63) is 63.9 Å². The number of carbonyl (C=O) groups excluding carboxylic acids is 2. The second kappa shape index (κ2) is 8.91. The molecule has 0 saturated carbocycles. The van der Waals surface area contributed by atoms with Crippen LogP contribution in [0.4, 0.5) is 4.79 Å². The molecule has 3 rings (SSSR count). The van der Waals surface area contributed by atoms with E-state index in [2.05, 4.69) is 15.6 Å². The number of para-hydroxylation sites is 1. The molecule has 0 atom stereocenters. The van der Waals surface area contributed by atoms with Crippen molar-refractivity contribution in [1.82, 2.24) is 20.2 Å². The van der Waals surface area contributed by atoms with E-state index in [9.17, 15) is 14.4 Å². The molecule has 3 amide bonds. The Morgan fingerprint density at radius 3 is 2.62 bits per heavy atom. The summed E-state index contributed by atoms with van der Waals surface area (Å²) in [7, 11) is 0. The van der Waals surface area contributed by atoms with E-state index < -0.39 is 11.9 Å². The SMILES string of the molecule is CCNC(=O)NC(=O)CSc1nc2ccccc2c(=O)n1-c1ccc(C)cc1C. The van der Waals surface area contributed by atoms with Crippen LogP contribution in [-0.2, 0) is 4.79 Å². The minimum absolute atomic E-state index is 0.0488. The third kappa shape index (κ3) is 4.65. The Morgan fingerprint density at radius 1 is 1.14 bits per heavy atom. The fourth-order valence-corrected chi connectivity index (χ4v) is 3.78. The maximum absolute atomic E-state index is 13.2. The number of hydrogen-bond acceptors (Lipinski definition) is 5. The van der Waals surface area contributed by atoms with E-state index in [0.717, 1.165) is 22.9 Å². The molecule has 3 aromatic rings. The molecule has 1 heterocycles. The van der Waals surface area contributed by atoms with Gasteiger partial charge in [-0.15, -0.1) is 0 Å². The first-order chi connectivity index (χ1) is 13.9. The van der Waals surface area contributed by atoms with Crippen molar-refractivity contribution >= 4 is 34.6 Å². The van der Waals surface area contributed by atoms with E-state index in [1.807, 2.05) is 38.1 Å². The van der Waals surface area contributed by atoms with Gasteiger partial charge in [0.15, 0.2) is 5.16 Å². The molecule has 0 aliphatic rings. The van der Waals surface area contributed by atoms with Gasteiger partial charge in [-0.2, -0.15) is 0 Å². The van der Waals surface area contributed by atoms with Crippen LogP contribution in [0.5, 0.6) is 0 Å². The van der Waals surface area contributed by atoms with Gasteiger partial charge in [0.05, 0.1) is 22.3 Å². The van der Waals surface area contributed by atoms with E-state index in [0.29, 0.717) is 28.3 Å². The van der Waals surface area contributed by atoms with Gasteiger partial charge in [0.1, 0.15) is 0 Å². The Hall–Kier alpha value is -3.13. The minimum atomic E-state index is -0.545. The van der Waals surface area contributed by atoms with Crippen LogP contribution in [0.1, 0.15) is 18.1 Å². The quantitative estimate of drug-likeness (QED) is 0.498. The summed E-state index contributed by atoms with van der Waals surface area (Å²) in [6.07, 6.45) is 0. The Bertz CT molecular complexity index is 1140. The zero-order chi connectivity index (χ0) is 21.0. The van der Waals surface area contributed by atoms with Crippen molar-refractivity contribution in [2.45, 2.75) is 25.9 Å². The maximum atomic E-state index is 13.2. The molecular formula is C21H22N4O3S. The molecule has 2 N–H and O–H groups in total. The Balaban J connectivity index is 2.02. The first-order valence-electron chi connectivity index (χ1n) is 9.20. The molecule has 0 radical (unpaired) electrons. The van der Waals surface area contributed by atoms with E-state index in [1.54, 1.807) is 25.1 Å². The zero-order valence-corrected chi connectivity index (χ0v) is 17.3. The van der Waals surface area contributed by atoms with Gasteiger partial charge < -0.3 is 5.32 Å². The second-order valence-corrected chi connectivity index (χ2v) is 7.48. The van der Waals surface area contributed by atoms with Crippen LogP contribution in [0, 0.1) is 13.8 Å². The van der Waals surface area contributed by atoms with Crippen molar-refractivity contribution in [3.63, 3.8) is 0 Å². The fraction of sp³-hybridized carbons (Fsp3) is 0.238. The van der Waals surface area contributed by atoms with Crippen LogP contribution in [0.25, 0.3) is 16.6 Å². The summed E-state index contributed by atoms with van der Waals surface area (Å²) in [4.78, 5) is 41.5. The molecule has 1 aromatic heterocycles. The number of aromatic nitrogens is 2. The van der Waals surface area contributed by atoms with Crippen molar-refractivity contribution in [3.8, 4) is 5.69 Å². The molecule has 0 saturated heterocycles. The first-order valence-corrected chi connectivity index (χ1v) is 10.2. The summed E-state index contributed by atoms with van der Waals surface area (Å²) in [6.45, 7) is 6.10. The molecule has 29 heavy (non-hydrogen) atoms. The second-order valence-electron chi connectivity index (χ2n) is 6.54. The lowest BCUT2D eigenvalue weighted by Crippen LogP contribution is -2.40. The number of fused-ring (bicyclic) bond motifs is 1. The van der Waals surface area contributed by atoms with Crippen LogP contribution in [0.3, 0.4) is 0 Å². The van der Waals surface area contributed by atoms with Crippen LogP contribution >= 0.6 is 11.8 Å². The molecule has 0 spiro atoms. The normalized spacial score (nSPS) is 10.7. The number of hydrogen-bond donors (Lipinski definition) is 2. The molecule has 0 aliphatic carbocycles. The summed E-state index contributed by atoms with van der Waals surface area (Å²) in [6, 6.07) is 12.4. The summed E-state index contributed by atoms with van der Waals surface area (Å²) < 4.78 is 1.53. The first kappa shape index (κ1) is 20.6. The molecule has 7 nitrogen and oxygen atoms in total. The van der Waals surface area contributed by atoms with Crippen LogP contribution in [-0.4, -0.2) is 33.8 Å². The van der Waals surface area contributed by atoms with Gasteiger partial charge in [0, 0.05) is 6.54 Å². The highest BCUT2D eigenvalue weighted by atomic mass is 32.2. The molecule has 0 unspecified atom stereocenters. The van der Waals surface area contributed by atoms with Gasteiger partial charge in [0.25, 0.3) is 5.56 Å². The van der Waals surface area contributed by atoms with Crippen molar-refractivity contribution in [1.29, 1.82) is 0 Å². The van der Waals surface area contributed by atoms with E-state index in [4.69, 9.17) is 0 Å². The summed E-state index contributed by atoms with van der Waals surface area (Å²) in [5.74, 6) is -0.511. The number of carbonyl (C=O) groups is 2. The van der Waals surface area contributed by atoms with Crippen LogP contribution in [0.15, 0.2) is 52.4 Å². The van der Waals surface area contributed by atoms with Gasteiger partial charge in [0.2, 0.25) is 5.91 Å². The highest BCUT2D eigenvalue weighted by molar-refractivity contribution is 7.99. The predicted molar refractivity (Wildman–Crippen MR) is 115 cm³/mol. The lowest BCUT2D eigenvalue weighted by Gasteiger charge is -2.15. The largest absolute Gasteiger partial charge is 0.338 e. The number of nitrogens with zero attached hydrogens (tertiary/aromatic N) is 2. The maximum Gasteiger partial charge on any atom is 0.321 e. The monoisotopic (exact) mass is 410 g/mol. The van der Waals surface area contributed by atoms with Gasteiger partial charge in [-0.1, -0.05) is 41.6 Å². The molecule has 0 fully saturated rings. The number of nitrogens with one attached hydrogen (secondary N) is 2. The number of aryl methyl sites for hydroxylation is 2. The highest BCUT2D eigenvalue weighted by Crippen LogP contribution is 2.23. The predicted octanol–water partition coefficient (Wildman–Crippen LogP) is 2.94. The molecular weight excluding hydrogens is 388 g/mol. The number of imide groups is 1. The number of benzene rings is 2. The summed E-state index contributed by atoms with van der Waals surface area (Å²) >= 11 is 1.11. The third-order valence-electron chi connectivity index (χ3n) is 4.26. The van der Waals surface area contributed by atoms with Crippen molar-refractivity contribution in [2.24, 2.45) is 0 Å². The average molecular weight is 410 g/mol. The fourth-order valence-electron chi connectivity index (χ4n) is 2.98. The Kier molecular flexibility index (Phi) is 6.33. The number of urea groups is 1. The number of amides is 3. The van der Waals surface area contributed by atoms with Gasteiger partial charge in [-0.05, 0) is 44.5 Å². The standard InChI is InChI=1S/C21H22N4O3S/c1-4-22-20(28)24-18(26)12-29-21-23-16-8-6-5-7-15(16)19(27)25(21)17-10-9-13(2)11-14(17)3/h5-11H,4,12H2,1-3H3,(H2,22,24,26,28). The molecule has 0 bridgehead atoms. The minimum Gasteiger partial charge on any atom is -0.338 e. The highest BCUT2D eigenvalue weighted by Gasteiger charge is 2.16. The van der Waals surface area contributed by atoms with E-state index in [-0.39, 0.29) is 11.3 Å². The topological polar surface area (TPSA) is 93.1 Å². The third-order valence-corrected chi connectivity index (χ3v) is 5.20. The molecule has 150 valence electrons. The smallest absolute Gasteiger partial charge is 0.321 e. The number of rotatable bonds is 5. The zero-order valence-electron chi connectivity index (χ0n) is 16.5. The van der Waals surface area contributed by atoms with Crippen LogP contribution < -0.4 is 16.2 Å². The summed E-state index contributed by atoms with van der Waals surface area (Å²) in [5.41, 5.74) is 3.09. The molecule has 2 aromatic carbocycles. The summed E-state index contributed by atoms with van der Waals surface area (Å²) in [5, 5.41) is 5.66. The number of thioether (sulfide) groups is 1. The van der Waals surface area contributed by atoms with E-state index in [1.165, 1.54) is 4.57 Å². The Morgan fingerprint density at radius 2 is 1.90 bits per heavy atom. The molecule has 0 aliphatic heterocycles. The van der Waals surface area contributed by atoms with Crippen LogP contribution in [0.2, 0.25) is 0 Å². The van der Waals surface area contributed by atoms with Crippen molar-refractivity contribution in [2.75, 3.05) is 12.3 Å². The molecule has 8 heteroatoms. The van der Waals surface area contributed by atoms with Gasteiger partial charge in [-0.3, -0.25) is 19.5 Å². The van der Waals surface area contributed by atoms with Crippen molar-refractivity contribution < 1.29 is 9.59 Å².